The van der Waals surface area contributed by atoms with Crippen molar-refractivity contribution in [2.24, 2.45) is 0 Å². The monoisotopic (exact) mass is 470 g/mol. The number of methoxy groups -OCH3 is 1. The van der Waals surface area contributed by atoms with E-state index in [1.165, 1.54) is 0 Å². The van der Waals surface area contributed by atoms with Crippen LogP contribution in [-0.4, -0.2) is 41.9 Å². The van der Waals surface area contributed by atoms with E-state index in [9.17, 15) is 14.7 Å². The number of rotatable bonds is 7. The van der Waals surface area contributed by atoms with Crippen molar-refractivity contribution >= 4 is 23.0 Å². The minimum absolute atomic E-state index is 0.102. The van der Waals surface area contributed by atoms with Crippen LogP contribution in [0.4, 0.5) is 4.79 Å². The molecule has 1 aromatic heterocycles. The fourth-order valence-electron chi connectivity index (χ4n) is 5.04. The number of carbonyl (C=O) groups excluding carboxylic acids is 1. The summed E-state index contributed by atoms with van der Waals surface area (Å²) >= 11 is 0. The molecule has 1 aliphatic carbocycles. The van der Waals surface area contributed by atoms with E-state index in [-0.39, 0.29) is 12.5 Å². The van der Waals surface area contributed by atoms with Crippen molar-refractivity contribution in [1.29, 1.82) is 0 Å². The minimum Gasteiger partial charge on any atom is -0.495 e. The molecule has 2 atom stereocenters. The molecule has 4 aromatic rings. The van der Waals surface area contributed by atoms with Gasteiger partial charge in [0.1, 0.15) is 18.4 Å². The summed E-state index contributed by atoms with van der Waals surface area (Å²) in [6, 6.07) is 20.5. The molecule has 1 heterocycles. The zero-order valence-corrected chi connectivity index (χ0v) is 19.4. The van der Waals surface area contributed by atoms with E-state index in [2.05, 4.69) is 22.4 Å². The number of nitrogens with one attached hydrogen (secondary N) is 2. The summed E-state index contributed by atoms with van der Waals surface area (Å²) in [7, 11) is 1.58. The second-order valence-electron chi connectivity index (χ2n) is 8.70. The van der Waals surface area contributed by atoms with Gasteiger partial charge in [-0.3, -0.25) is 0 Å². The van der Waals surface area contributed by atoms with Crippen molar-refractivity contribution < 1.29 is 24.2 Å². The summed E-state index contributed by atoms with van der Waals surface area (Å²) < 4.78 is 11.0. The van der Waals surface area contributed by atoms with Crippen molar-refractivity contribution in [1.82, 2.24) is 10.3 Å². The molecule has 1 aliphatic rings. The molecule has 3 aromatic carbocycles. The third-order valence-electron chi connectivity index (χ3n) is 6.80. The topological polar surface area (TPSA) is 101 Å². The number of benzene rings is 3. The molecular formula is C28H26N2O5. The Bertz CT molecular complexity index is 1360. The first-order valence-electron chi connectivity index (χ1n) is 11.5. The number of H-pyrrole nitrogens is 1. The van der Waals surface area contributed by atoms with Crippen LogP contribution in [0.3, 0.4) is 0 Å². The van der Waals surface area contributed by atoms with Crippen molar-refractivity contribution in [3.63, 3.8) is 0 Å². The number of carbonyl (C=O) groups is 2. The lowest BCUT2D eigenvalue weighted by atomic mass is 9.93. The van der Waals surface area contributed by atoms with Crippen molar-refractivity contribution in [3.05, 3.63) is 89.6 Å². The van der Waals surface area contributed by atoms with Gasteiger partial charge in [-0.05, 0) is 33.9 Å². The molecule has 3 N–H and O–H groups in total. The maximum atomic E-state index is 12.8. The van der Waals surface area contributed by atoms with Gasteiger partial charge in [0.05, 0.1) is 12.6 Å². The molecule has 7 heteroatoms. The summed E-state index contributed by atoms with van der Waals surface area (Å²) in [5.74, 6) is -1.09. The highest BCUT2D eigenvalue weighted by Gasteiger charge is 2.32. The molecule has 178 valence electrons. The zero-order valence-electron chi connectivity index (χ0n) is 19.4. The number of hydrogen-bond acceptors (Lipinski definition) is 4. The lowest BCUT2D eigenvalue weighted by molar-refractivity contribution is -0.139. The summed E-state index contributed by atoms with van der Waals surface area (Å²) in [4.78, 5) is 28.0. The molecule has 0 spiro atoms. The van der Waals surface area contributed by atoms with Crippen LogP contribution in [0.15, 0.2) is 72.9 Å². The van der Waals surface area contributed by atoms with Crippen LogP contribution in [0.5, 0.6) is 5.75 Å². The van der Waals surface area contributed by atoms with Gasteiger partial charge in [0.25, 0.3) is 0 Å². The Morgan fingerprint density at radius 3 is 2.29 bits per heavy atom. The van der Waals surface area contributed by atoms with Crippen molar-refractivity contribution in [2.75, 3.05) is 13.7 Å². The number of amides is 1. The summed E-state index contributed by atoms with van der Waals surface area (Å²) in [6.45, 7) is 1.88. The van der Waals surface area contributed by atoms with E-state index in [4.69, 9.17) is 9.47 Å². The van der Waals surface area contributed by atoms with Gasteiger partial charge in [-0.1, -0.05) is 67.6 Å². The number of aromatic amines is 1. The normalized spacial score (nSPS) is 14.1. The van der Waals surface area contributed by atoms with E-state index in [1.54, 1.807) is 20.2 Å². The van der Waals surface area contributed by atoms with Gasteiger partial charge < -0.3 is 24.9 Å². The Kier molecular flexibility index (Phi) is 5.91. The average molecular weight is 471 g/mol. The number of hydrogen-bond donors (Lipinski definition) is 3. The van der Waals surface area contributed by atoms with Gasteiger partial charge in [0.2, 0.25) is 0 Å². The SMILES string of the molecule is COc1cccc2c([C@H](C)[C@H](NC(=O)OCC3c4ccccc4-c4ccccc43)C(=O)O)c[nH]c12. The number of ether oxygens (including phenoxy) is 2. The maximum Gasteiger partial charge on any atom is 0.407 e. The molecule has 0 radical (unpaired) electrons. The lowest BCUT2D eigenvalue weighted by Crippen LogP contribution is -2.44. The molecule has 0 saturated heterocycles. The first-order valence-corrected chi connectivity index (χ1v) is 11.5. The first-order chi connectivity index (χ1) is 17.0. The molecule has 0 saturated carbocycles. The first kappa shape index (κ1) is 22.5. The summed E-state index contributed by atoms with van der Waals surface area (Å²) in [5, 5.41) is 13.3. The van der Waals surface area contributed by atoms with E-state index in [1.807, 2.05) is 54.6 Å². The standard InChI is InChI=1S/C28H26N2O5/c1-16(22-14-29-26-21(22)12-7-13-24(26)34-2)25(27(31)32)30-28(33)35-15-23-19-10-5-3-8-17(19)18-9-4-6-11-20(18)23/h3-14,16,23,25,29H,15H2,1-2H3,(H,30,33)(H,31,32)/t16-,25-/m0/s1. The van der Waals surface area contributed by atoms with Crippen molar-refractivity contribution in [2.45, 2.75) is 24.8 Å². The fourth-order valence-corrected chi connectivity index (χ4v) is 5.04. The second-order valence-corrected chi connectivity index (χ2v) is 8.70. The number of aromatic nitrogens is 1. The number of para-hydroxylation sites is 1. The molecule has 35 heavy (non-hydrogen) atoms. The third-order valence-corrected chi connectivity index (χ3v) is 6.80. The van der Waals surface area contributed by atoms with Gasteiger partial charge in [-0.15, -0.1) is 0 Å². The highest BCUT2D eigenvalue weighted by atomic mass is 16.5. The Labute approximate surface area is 202 Å². The Morgan fingerprint density at radius 1 is 1.00 bits per heavy atom. The summed E-state index contributed by atoms with van der Waals surface area (Å²) in [5.41, 5.74) is 6.00. The highest BCUT2D eigenvalue weighted by molar-refractivity contribution is 5.90. The Hall–Kier alpha value is -4.26. The molecule has 0 unspecified atom stereocenters. The van der Waals surface area contributed by atoms with Gasteiger partial charge in [0.15, 0.2) is 0 Å². The van der Waals surface area contributed by atoms with Crippen LogP contribution in [0.1, 0.15) is 35.4 Å². The predicted octanol–water partition coefficient (Wildman–Crippen LogP) is 5.27. The van der Waals surface area contributed by atoms with Crippen LogP contribution in [-0.2, 0) is 9.53 Å². The van der Waals surface area contributed by atoms with Gasteiger partial charge >= 0.3 is 12.1 Å². The predicted molar refractivity (Wildman–Crippen MR) is 133 cm³/mol. The van der Waals surface area contributed by atoms with Crippen LogP contribution in [0.25, 0.3) is 22.0 Å². The van der Waals surface area contributed by atoms with Gasteiger partial charge in [-0.25, -0.2) is 9.59 Å². The number of carboxylic acid groups (broad SMARTS) is 1. The molecular weight excluding hydrogens is 444 g/mol. The number of aliphatic carboxylic acids is 1. The molecule has 1 amide bonds. The van der Waals surface area contributed by atoms with E-state index in [0.29, 0.717) is 5.75 Å². The van der Waals surface area contributed by atoms with Gasteiger partial charge in [0, 0.05) is 23.4 Å². The molecule has 0 aliphatic heterocycles. The molecule has 0 fully saturated rings. The average Bonchev–Trinajstić information content (AvgIpc) is 3.45. The summed E-state index contributed by atoms with van der Waals surface area (Å²) in [6.07, 6.45) is 0.997. The van der Waals surface area contributed by atoms with Gasteiger partial charge in [-0.2, -0.15) is 0 Å². The number of carboxylic acids is 1. The van der Waals surface area contributed by atoms with Crippen LogP contribution >= 0.6 is 0 Å². The van der Waals surface area contributed by atoms with E-state index in [0.717, 1.165) is 38.7 Å². The Balaban J connectivity index is 1.32. The van der Waals surface area contributed by atoms with E-state index >= 15 is 0 Å². The highest BCUT2D eigenvalue weighted by Crippen LogP contribution is 2.44. The Morgan fingerprint density at radius 2 is 1.66 bits per heavy atom. The maximum absolute atomic E-state index is 12.8. The molecule has 7 nitrogen and oxygen atoms in total. The molecule has 0 bridgehead atoms. The van der Waals surface area contributed by atoms with E-state index < -0.39 is 24.0 Å². The minimum atomic E-state index is -1.17. The van der Waals surface area contributed by atoms with Crippen molar-refractivity contribution in [3.8, 4) is 16.9 Å². The zero-order chi connectivity index (χ0) is 24.5. The lowest BCUT2D eigenvalue weighted by Gasteiger charge is -2.22. The second kappa shape index (κ2) is 9.18. The quantitative estimate of drug-likeness (QED) is 0.342. The fraction of sp³-hybridized carbons (Fsp3) is 0.214. The molecule has 5 rings (SSSR count). The smallest absolute Gasteiger partial charge is 0.407 e. The third kappa shape index (κ3) is 3.99. The van der Waals surface area contributed by atoms with Crippen LogP contribution in [0, 0.1) is 0 Å². The largest absolute Gasteiger partial charge is 0.495 e. The van der Waals surface area contributed by atoms with Crippen LogP contribution < -0.4 is 10.1 Å². The van der Waals surface area contributed by atoms with Crippen LogP contribution in [0.2, 0.25) is 0 Å². The number of fused-ring (bicyclic) bond motifs is 4. The number of alkyl carbamates (subject to hydrolysis) is 1.